The van der Waals surface area contributed by atoms with Gasteiger partial charge in [-0.15, -0.1) is 0 Å². The Hall–Kier alpha value is -1.39. The monoisotopic (exact) mass is 341 g/mol. The number of benzene rings is 2. The van der Waals surface area contributed by atoms with Crippen molar-refractivity contribution in [2.24, 2.45) is 0 Å². The highest BCUT2D eigenvalue weighted by Gasteiger charge is 2.02. The fraction of sp³-hybridized carbons (Fsp3) is 0.143. The Labute approximate surface area is 125 Å². The molecule has 2 aromatic rings. The molecule has 0 radical (unpaired) electrons. The first kappa shape index (κ1) is 14.0. The molecule has 0 aliphatic heterocycles. The number of nitrogen functional groups attached to an aromatic ring is 1. The van der Waals surface area contributed by atoms with Gasteiger partial charge in [-0.3, -0.25) is 0 Å². The summed E-state index contributed by atoms with van der Waals surface area (Å²) in [6.07, 6.45) is 0. The Bertz CT molecular complexity index is 546. The van der Waals surface area contributed by atoms with E-state index in [1.807, 2.05) is 24.3 Å². The normalized spacial score (nSPS) is 10.2. The van der Waals surface area contributed by atoms with Gasteiger partial charge >= 0.3 is 0 Å². The smallest absolute Gasteiger partial charge is 0.140 e. The average molecular weight is 343 g/mol. The average Bonchev–Trinajstić information content (AvgIpc) is 2.40. The van der Waals surface area contributed by atoms with Crippen molar-refractivity contribution in [1.29, 1.82) is 0 Å². The van der Waals surface area contributed by atoms with Crippen LogP contribution in [-0.2, 0) is 0 Å². The van der Waals surface area contributed by atoms with E-state index in [0.29, 0.717) is 29.7 Å². The second-order valence-corrected chi connectivity index (χ2v) is 5.16. The molecule has 19 heavy (non-hydrogen) atoms. The van der Waals surface area contributed by atoms with Gasteiger partial charge in [-0.25, -0.2) is 0 Å². The summed E-state index contributed by atoms with van der Waals surface area (Å²) >= 11 is 9.35. The van der Waals surface area contributed by atoms with E-state index in [9.17, 15) is 0 Å². The van der Waals surface area contributed by atoms with Gasteiger partial charge in [0.25, 0.3) is 0 Å². The Balaban J connectivity index is 1.80. The molecule has 2 N–H and O–H groups in total. The zero-order valence-electron chi connectivity index (χ0n) is 10.1. The van der Waals surface area contributed by atoms with Gasteiger partial charge in [0.2, 0.25) is 0 Å². The number of hydrogen-bond acceptors (Lipinski definition) is 3. The summed E-state index contributed by atoms with van der Waals surface area (Å²) in [5.74, 6) is 1.37. The Morgan fingerprint density at radius 2 is 1.68 bits per heavy atom. The van der Waals surface area contributed by atoms with Crippen LogP contribution < -0.4 is 15.2 Å². The summed E-state index contributed by atoms with van der Waals surface area (Å²) in [5, 5.41) is 0.540. The number of rotatable bonds is 5. The summed E-state index contributed by atoms with van der Waals surface area (Å²) < 4.78 is 12.1. The maximum Gasteiger partial charge on any atom is 0.140 e. The minimum atomic E-state index is 0.402. The number of nitrogens with two attached hydrogens (primary N) is 1. The van der Waals surface area contributed by atoms with Crippen molar-refractivity contribution in [1.82, 2.24) is 0 Å². The standard InChI is InChI=1S/C14H13BrClNO2/c15-10-1-4-12(5-2-10)18-7-8-19-14-9-11(17)3-6-13(14)16/h1-6,9H,7-8,17H2. The lowest BCUT2D eigenvalue weighted by Crippen LogP contribution is -2.09. The molecule has 0 bridgehead atoms. The summed E-state index contributed by atoms with van der Waals surface area (Å²) in [4.78, 5) is 0. The molecule has 0 unspecified atom stereocenters. The third-order valence-corrected chi connectivity index (χ3v) is 3.22. The molecule has 0 aromatic heterocycles. The van der Waals surface area contributed by atoms with E-state index in [1.54, 1.807) is 18.2 Å². The summed E-state index contributed by atoms with van der Waals surface area (Å²) in [6.45, 7) is 0.839. The molecule has 0 amide bonds. The van der Waals surface area contributed by atoms with E-state index < -0.39 is 0 Å². The molecule has 100 valence electrons. The lowest BCUT2D eigenvalue weighted by Gasteiger charge is -2.10. The molecule has 0 heterocycles. The second kappa shape index (κ2) is 6.68. The van der Waals surface area contributed by atoms with E-state index in [0.717, 1.165) is 10.2 Å². The number of hydrogen-bond donors (Lipinski definition) is 1. The van der Waals surface area contributed by atoms with E-state index in [1.165, 1.54) is 0 Å². The Kier molecular flexibility index (Phi) is 4.93. The number of ether oxygens (including phenoxy) is 2. The van der Waals surface area contributed by atoms with Crippen LogP contribution in [0, 0.1) is 0 Å². The SMILES string of the molecule is Nc1ccc(Cl)c(OCCOc2ccc(Br)cc2)c1. The molecule has 2 aromatic carbocycles. The van der Waals surface area contributed by atoms with Crippen LogP contribution in [0.1, 0.15) is 0 Å². The minimum absolute atomic E-state index is 0.402. The largest absolute Gasteiger partial charge is 0.490 e. The van der Waals surface area contributed by atoms with Crippen molar-refractivity contribution < 1.29 is 9.47 Å². The van der Waals surface area contributed by atoms with Crippen LogP contribution in [0.25, 0.3) is 0 Å². The third kappa shape index (κ3) is 4.33. The van der Waals surface area contributed by atoms with E-state index in [-0.39, 0.29) is 0 Å². The molecule has 0 aliphatic rings. The summed E-state index contributed by atoms with van der Waals surface area (Å²) in [7, 11) is 0. The fourth-order valence-electron chi connectivity index (χ4n) is 1.47. The van der Waals surface area contributed by atoms with E-state index in [4.69, 9.17) is 26.8 Å². The molecule has 0 spiro atoms. The first-order chi connectivity index (χ1) is 9.15. The van der Waals surface area contributed by atoms with Crippen LogP contribution in [-0.4, -0.2) is 13.2 Å². The minimum Gasteiger partial charge on any atom is -0.490 e. The van der Waals surface area contributed by atoms with Gasteiger partial charge in [0.15, 0.2) is 0 Å². The molecule has 5 heteroatoms. The number of anilines is 1. The van der Waals surface area contributed by atoms with Crippen LogP contribution >= 0.6 is 27.5 Å². The van der Waals surface area contributed by atoms with Crippen LogP contribution in [0.15, 0.2) is 46.9 Å². The van der Waals surface area contributed by atoms with Crippen molar-refractivity contribution in [3.63, 3.8) is 0 Å². The Morgan fingerprint density at radius 1 is 1.00 bits per heavy atom. The van der Waals surface area contributed by atoms with Crippen LogP contribution in [0.5, 0.6) is 11.5 Å². The Morgan fingerprint density at radius 3 is 2.42 bits per heavy atom. The predicted molar refractivity (Wildman–Crippen MR) is 81.0 cm³/mol. The molecule has 0 saturated carbocycles. The highest BCUT2D eigenvalue weighted by atomic mass is 79.9. The molecule has 0 fully saturated rings. The fourth-order valence-corrected chi connectivity index (χ4v) is 1.91. The maximum absolute atomic E-state index is 5.98. The molecular formula is C14H13BrClNO2. The van der Waals surface area contributed by atoms with Gasteiger partial charge in [-0.1, -0.05) is 27.5 Å². The lowest BCUT2D eigenvalue weighted by molar-refractivity contribution is 0.217. The third-order valence-electron chi connectivity index (χ3n) is 2.38. The van der Waals surface area contributed by atoms with Gasteiger partial charge in [-0.05, 0) is 36.4 Å². The molecule has 0 saturated heterocycles. The van der Waals surface area contributed by atoms with Crippen molar-refractivity contribution in [3.05, 3.63) is 52.0 Å². The van der Waals surface area contributed by atoms with Gasteiger partial charge in [0.05, 0.1) is 5.02 Å². The molecule has 0 atom stereocenters. The topological polar surface area (TPSA) is 44.5 Å². The van der Waals surface area contributed by atoms with E-state index in [2.05, 4.69) is 15.9 Å². The summed E-state index contributed by atoms with van der Waals surface area (Å²) in [5.41, 5.74) is 6.28. The first-order valence-electron chi connectivity index (χ1n) is 5.71. The van der Waals surface area contributed by atoms with Crippen LogP contribution in [0.3, 0.4) is 0 Å². The van der Waals surface area contributed by atoms with Crippen LogP contribution in [0.2, 0.25) is 5.02 Å². The van der Waals surface area contributed by atoms with Gasteiger partial charge in [-0.2, -0.15) is 0 Å². The summed E-state index contributed by atoms with van der Waals surface area (Å²) in [6, 6.07) is 12.8. The highest BCUT2D eigenvalue weighted by Crippen LogP contribution is 2.26. The van der Waals surface area contributed by atoms with Crippen molar-refractivity contribution in [2.45, 2.75) is 0 Å². The zero-order chi connectivity index (χ0) is 13.7. The van der Waals surface area contributed by atoms with Gasteiger partial charge in [0, 0.05) is 16.2 Å². The molecule has 2 rings (SSSR count). The number of halogens is 2. The lowest BCUT2D eigenvalue weighted by atomic mass is 10.3. The van der Waals surface area contributed by atoms with Crippen molar-refractivity contribution in [2.75, 3.05) is 18.9 Å². The molecule has 0 aliphatic carbocycles. The molecular weight excluding hydrogens is 330 g/mol. The maximum atomic E-state index is 5.98. The first-order valence-corrected chi connectivity index (χ1v) is 6.88. The van der Waals surface area contributed by atoms with Crippen molar-refractivity contribution >= 4 is 33.2 Å². The van der Waals surface area contributed by atoms with Crippen LogP contribution in [0.4, 0.5) is 5.69 Å². The molecule has 3 nitrogen and oxygen atoms in total. The van der Waals surface area contributed by atoms with Gasteiger partial charge in [0.1, 0.15) is 24.7 Å². The van der Waals surface area contributed by atoms with Crippen molar-refractivity contribution in [3.8, 4) is 11.5 Å². The highest BCUT2D eigenvalue weighted by molar-refractivity contribution is 9.10. The quantitative estimate of drug-likeness (QED) is 0.656. The second-order valence-electron chi connectivity index (χ2n) is 3.84. The predicted octanol–water partition coefficient (Wildman–Crippen LogP) is 4.14. The van der Waals surface area contributed by atoms with Gasteiger partial charge < -0.3 is 15.2 Å². The van der Waals surface area contributed by atoms with E-state index >= 15 is 0 Å². The zero-order valence-corrected chi connectivity index (χ0v) is 12.4.